The van der Waals surface area contributed by atoms with Crippen molar-refractivity contribution in [2.24, 2.45) is 0 Å². The van der Waals surface area contributed by atoms with E-state index >= 15 is 0 Å². The van der Waals surface area contributed by atoms with E-state index in [9.17, 15) is 9.90 Å². The van der Waals surface area contributed by atoms with Crippen LogP contribution in [0.2, 0.25) is 0 Å². The molecule has 0 saturated carbocycles. The van der Waals surface area contributed by atoms with E-state index in [1.807, 2.05) is 79.7 Å². The lowest BCUT2D eigenvalue weighted by Crippen LogP contribution is -2.45. The van der Waals surface area contributed by atoms with Crippen LogP contribution in [0.3, 0.4) is 0 Å². The maximum atomic E-state index is 13.1. The highest BCUT2D eigenvalue weighted by molar-refractivity contribution is 6.11. The molecule has 3 aromatic rings. The normalized spacial score (nSPS) is 19.1. The fourth-order valence-corrected chi connectivity index (χ4v) is 3.51. The molecular weight excluding hydrogens is 310 g/mol. The Morgan fingerprint density at radius 3 is 2.24 bits per heavy atom. The topological polar surface area (TPSA) is 40.5 Å². The molecule has 0 aliphatic carbocycles. The number of rotatable bonds is 3. The van der Waals surface area contributed by atoms with Gasteiger partial charge in [0.05, 0.1) is 0 Å². The maximum Gasteiger partial charge on any atom is 0.261 e. The second-order valence-corrected chi connectivity index (χ2v) is 6.50. The molecule has 3 aromatic carbocycles. The van der Waals surface area contributed by atoms with Gasteiger partial charge in [0.15, 0.2) is 5.72 Å². The number of nitrogens with zero attached hydrogens (tertiary/aromatic N) is 1. The Bertz CT molecular complexity index is 918. The molecule has 1 aliphatic rings. The molecule has 0 bridgehead atoms. The largest absolute Gasteiger partial charge is 0.366 e. The van der Waals surface area contributed by atoms with Gasteiger partial charge in [-0.05, 0) is 30.7 Å². The molecule has 4 rings (SSSR count). The van der Waals surface area contributed by atoms with Gasteiger partial charge in [-0.2, -0.15) is 0 Å². The van der Waals surface area contributed by atoms with E-state index in [2.05, 4.69) is 0 Å². The van der Waals surface area contributed by atoms with E-state index in [1.165, 1.54) is 4.90 Å². The van der Waals surface area contributed by atoms with Gasteiger partial charge >= 0.3 is 0 Å². The minimum absolute atomic E-state index is 0.169. The van der Waals surface area contributed by atoms with Gasteiger partial charge in [-0.15, -0.1) is 0 Å². The summed E-state index contributed by atoms with van der Waals surface area (Å²) in [4.78, 5) is 14.6. The van der Waals surface area contributed by atoms with Gasteiger partial charge in [0.25, 0.3) is 5.91 Å². The first-order valence-corrected chi connectivity index (χ1v) is 8.37. The van der Waals surface area contributed by atoms with Crippen molar-refractivity contribution in [1.82, 2.24) is 0 Å². The summed E-state index contributed by atoms with van der Waals surface area (Å²) in [6, 6.07) is 24.8. The second kappa shape index (κ2) is 5.87. The molecule has 1 aliphatic heterocycles. The Morgan fingerprint density at radius 2 is 1.52 bits per heavy atom. The minimum atomic E-state index is -1.40. The molecule has 0 radical (unpaired) electrons. The predicted molar refractivity (Wildman–Crippen MR) is 98.5 cm³/mol. The second-order valence-electron chi connectivity index (χ2n) is 6.50. The number of aryl methyl sites for hydroxylation is 1. The number of carbonyl (C=O) groups is 1. The summed E-state index contributed by atoms with van der Waals surface area (Å²) in [5.74, 6) is -0.169. The van der Waals surface area contributed by atoms with Crippen molar-refractivity contribution in [2.45, 2.75) is 19.1 Å². The van der Waals surface area contributed by atoms with E-state index in [0.29, 0.717) is 23.2 Å². The number of amides is 1. The summed E-state index contributed by atoms with van der Waals surface area (Å²) in [7, 11) is 0. The maximum absolute atomic E-state index is 13.1. The third kappa shape index (κ3) is 2.53. The summed E-state index contributed by atoms with van der Waals surface area (Å²) in [6.07, 6.45) is 0.338. The first-order valence-electron chi connectivity index (χ1n) is 8.37. The number of anilines is 1. The third-order valence-electron chi connectivity index (χ3n) is 4.75. The average Bonchev–Trinajstić information content (AvgIpc) is 2.85. The fraction of sp³-hybridized carbons (Fsp3) is 0.136. The van der Waals surface area contributed by atoms with E-state index < -0.39 is 5.72 Å². The molecule has 1 heterocycles. The first kappa shape index (κ1) is 15.6. The molecule has 1 amide bonds. The number of hydrogen-bond acceptors (Lipinski definition) is 2. The van der Waals surface area contributed by atoms with Crippen LogP contribution in [0.1, 0.15) is 27.0 Å². The molecule has 3 nitrogen and oxygen atoms in total. The van der Waals surface area contributed by atoms with E-state index in [1.54, 1.807) is 6.07 Å². The van der Waals surface area contributed by atoms with Gasteiger partial charge in [0.1, 0.15) is 0 Å². The highest BCUT2D eigenvalue weighted by Crippen LogP contribution is 2.42. The van der Waals surface area contributed by atoms with Gasteiger partial charge in [-0.3, -0.25) is 9.69 Å². The molecule has 0 unspecified atom stereocenters. The molecule has 1 atom stereocenters. The van der Waals surface area contributed by atoms with Gasteiger partial charge in [-0.1, -0.05) is 66.2 Å². The van der Waals surface area contributed by atoms with Gasteiger partial charge in [0, 0.05) is 23.2 Å². The molecule has 0 fully saturated rings. The molecule has 124 valence electrons. The Balaban J connectivity index is 1.86. The average molecular weight is 329 g/mol. The molecule has 0 saturated heterocycles. The van der Waals surface area contributed by atoms with Crippen molar-refractivity contribution >= 4 is 11.6 Å². The number of carbonyl (C=O) groups excluding carboxylic acids is 1. The predicted octanol–water partition coefficient (Wildman–Crippen LogP) is 4.04. The van der Waals surface area contributed by atoms with Crippen LogP contribution in [-0.4, -0.2) is 11.0 Å². The van der Waals surface area contributed by atoms with Gasteiger partial charge < -0.3 is 5.11 Å². The van der Waals surface area contributed by atoms with Crippen molar-refractivity contribution in [2.75, 3.05) is 4.90 Å². The highest BCUT2D eigenvalue weighted by Gasteiger charge is 2.49. The smallest absolute Gasteiger partial charge is 0.261 e. The number of fused-ring (bicyclic) bond motifs is 1. The van der Waals surface area contributed by atoms with Crippen LogP contribution in [0.15, 0.2) is 78.9 Å². The van der Waals surface area contributed by atoms with Crippen molar-refractivity contribution in [3.05, 3.63) is 101 Å². The first-order chi connectivity index (χ1) is 12.1. The zero-order valence-corrected chi connectivity index (χ0v) is 14.0. The summed E-state index contributed by atoms with van der Waals surface area (Å²) in [5.41, 5.74) is 2.60. The van der Waals surface area contributed by atoms with Crippen molar-refractivity contribution < 1.29 is 9.90 Å². The van der Waals surface area contributed by atoms with Crippen LogP contribution < -0.4 is 4.90 Å². The molecule has 0 spiro atoms. The van der Waals surface area contributed by atoms with Crippen LogP contribution in [0.25, 0.3) is 0 Å². The molecule has 0 aromatic heterocycles. The Hall–Kier alpha value is -2.91. The van der Waals surface area contributed by atoms with Gasteiger partial charge in [-0.25, -0.2) is 0 Å². The fourth-order valence-electron chi connectivity index (χ4n) is 3.51. The zero-order valence-electron chi connectivity index (χ0n) is 14.0. The van der Waals surface area contributed by atoms with Gasteiger partial charge in [0.2, 0.25) is 0 Å². The number of aliphatic hydroxyl groups is 1. The highest BCUT2D eigenvalue weighted by atomic mass is 16.3. The van der Waals surface area contributed by atoms with Crippen LogP contribution in [-0.2, 0) is 12.1 Å². The SMILES string of the molecule is Cc1ccc(N2C(=O)c3ccccc3[C@]2(O)Cc2ccccc2)cc1. The van der Waals surface area contributed by atoms with Crippen molar-refractivity contribution in [3.63, 3.8) is 0 Å². The lowest BCUT2D eigenvalue weighted by Gasteiger charge is -2.34. The lowest BCUT2D eigenvalue weighted by atomic mass is 9.94. The Labute approximate surface area is 147 Å². The summed E-state index contributed by atoms with van der Waals surface area (Å²) in [5, 5.41) is 11.7. The molecule has 1 N–H and O–H groups in total. The van der Waals surface area contributed by atoms with Crippen LogP contribution in [0.5, 0.6) is 0 Å². The number of hydrogen-bond donors (Lipinski definition) is 1. The van der Waals surface area contributed by atoms with E-state index in [4.69, 9.17) is 0 Å². The standard InChI is InChI=1S/C22H19NO2/c1-16-11-13-18(14-12-16)23-21(24)19-9-5-6-10-20(19)22(23,25)15-17-7-3-2-4-8-17/h2-14,25H,15H2,1H3/t22-/m1/s1. The summed E-state index contributed by atoms with van der Waals surface area (Å²) < 4.78 is 0. The van der Waals surface area contributed by atoms with Crippen molar-refractivity contribution in [3.8, 4) is 0 Å². The Morgan fingerprint density at radius 1 is 0.880 bits per heavy atom. The van der Waals surface area contributed by atoms with E-state index in [0.717, 1.165) is 11.1 Å². The minimum Gasteiger partial charge on any atom is -0.366 e. The van der Waals surface area contributed by atoms with Crippen LogP contribution in [0.4, 0.5) is 5.69 Å². The van der Waals surface area contributed by atoms with Crippen LogP contribution in [0, 0.1) is 6.92 Å². The Kier molecular flexibility index (Phi) is 3.66. The molecule has 3 heteroatoms. The molecular formula is C22H19NO2. The lowest BCUT2D eigenvalue weighted by molar-refractivity contribution is 0.0395. The zero-order chi connectivity index (χ0) is 17.4. The number of benzene rings is 3. The quantitative estimate of drug-likeness (QED) is 0.788. The summed E-state index contributed by atoms with van der Waals surface area (Å²) in [6.45, 7) is 2.00. The van der Waals surface area contributed by atoms with E-state index in [-0.39, 0.29) is 5.91 Å². The monoisotopic (exact) mass is 329 g/mol. The third-order valence-corrected chi connectivity index (χ3v) is 4.75. The summed E-state index contributed by atoms with van der Waals surface area (Å²) >= 11 is 0. The van der Waals surface area contributed by atoms with Crippen molar-refractivity contribution in [1.29, 1.82) is 0 Å². The van der Waals surface area contributed by atoms with Crippen LogP contribution >= 0.6 is 0 Å². The molecule has 25 heavy (non-hydrogen) atoms.